The molecule has 0 amide bonds. The second-order valence-electron chi connectivity index (χ2n) is 4.25. The van der Waals surface area contributed by atoms with Gasteiger partial charge in [-0.05, 0) is 35.8 Å². The zero-order chi connectivity index (χ0) is 14.5. The number of aryl methyl sites for hydroxylation is 2. The minimum Gasteiger partial charge on any atom is -0.352 e. The Morgan fingerprint density at radius 2 is 2.10 bits per heavy atom. The molecule has 2 aromatic rings. The quantitative estimate of drug-likeness (QED) is 0.638. The molecule has 7 heteroatoms. The van der Waals surface area contributed by atoms with Crippen molar-refractivity contribution in [3.8, 4) is 0 Å². The first-order valence-corrected chi connectivity index (χ1v) is 8.67. The number of nitrogens with zero attached hydrogens (tertiary/aromatic N) is 2. The largest absolute Gasteiger partial charge is 0.352 e. The van der Waals surface area contributed by atoms with E-state index in [4.69, 9.17) is 0 Å². The van der Waals surface area contributed by atoms with Crippen LogP contribution in [0.2, 0.25) is 0 Å². The summed E-state index contributed by atoms with van der Waals surface area (Å²) in [6.45, 7) is 5.60. The van der Waals surface area contributed by atoms with Crippen LogP contribution in [0.3, 0.4) is 0 Å². The number of guanidine groups is 1. The summed E-state index contributed by atoms with van der Waals surface area (Å²) in [5, 5.41) is 9.81. The summed E-state index contributed by atoms with van der Waals surface area (Å²) in [5.41, 5.74) is 1.10. The number of hydrogen-bond donors (Lipinski definition) is 2. The summed E-state index contributed by atoms with van der Waals surface area (Å²) < 4.78 is 1.12. The average Bonchev–Trinajstić information content (AvgIpc) is 2.96. The molecule has 0 aliphatic carbocycles. The highest BCUT2D eigenvalue weighted by Crippen LogP contribution is 2.19. The molecule has 0 aliphatic heterocycles. The van der Waals surface area contributed by atoms with Gasteiger partial charge in [0.15, 0.2) is 5.96 Å². The highest BCUT2D eigenvalue weighted by atomic mass is 79.9. The number of nitrogens with one attached hydrogen (secondary N) is 2. The lowest BCUT2D eigenvalue weighted by Gasteiger charge is -2.10. The van der Waals surface area contributed by atoms with Crippen LogP contribution in [-0.2, 0) is 13.1 Å². The molecule has 0 aliphatic rings. The Bertz CT molecular complexity index is 603. The lowest BCUT2D eigenvalue weighted by Crippen LogP contribution is -2.36. The summed E-state index contributed by atoms with van der Waals surface area (Å²) in [4.78, 5) is 11.2. The lowest BCUT2D eigenvalue weighted by atomic mass is 10.4. The Balaban J connectivity index is 1.85. The average molecular weight is 373 g/mol. The molecule has 0 atom stereocenters. The molecule has 2 aromatic heterocycles. The maximum Gasteiger partial charge on any atom is 0.191 e. The van der Waals surface area contributed by atoms with Crippen molar-refractivity contribution in [3.05, 3.63) is 36.4 Å². The predicted molar refractivity (Wildman–Crippen MR) is 90.6 cm³/mol. The highest BCUT2D eigenvalue weighted by molar-refractivity contribution is 9.10. The van der Waals surface area contributed by atoms with E-state index in [1.165, 1.54) is 9.75 Å². The van der Waals surface area contributed by atoms with Gasteiger partial charge in [-0.25, -0.2) is 4.98 Å². The fourth-order valence-electron chi connectivity index (χ4n) is 1.74. The standard InChI is InChI=1S/C13H17BrN4S2/c1-8-12(20-9(2)18-8)6-17-13(15-3)16-5-11-4-10(14)7-19-11/h4,7H,5-6H2,1-3H3,(H2,15,16,17). The molecule has 0 spiro atoms. The van der Waals surface area contributed by atoms with Gasteiger partial charge < -0.3 is 10.6 Å². The summed E-state index contributed by atoms with van der Waals surface area (Å²) >= 11 is 6.91. The molecule has 2 heterocycles. The minimum atomic E-state index is 0.755. The van der Waals surface area contributed by atoms with Gasteiger partial charge in [-0.3, -0.25) is 4.99 Å². The number of thiazole rings is 1. The smallest absolute Gasteiger partial charge is 0.191 e. The van der Waals surface area contributed by atoms with Gasteiger partial charge >= 0.3 is 0 Å². The lowest BCUT2D eigenvalue weighted by molar-refractivity contribution is 0.818. The van der Waals surface area contributed by atoms with Gasteiger partial charge in [-0.1, -0.05) is 0 Å². The van der Waals surface area contributed by atoms with Gasteiger partial charge in [0.1, 0.15) is 0 Å². The van der Waals surface area contributed by atoms with E-state index in [1.54, 1.807) is 29.7 Å². The van der Waals surface area contributed by atoms with E-state index in [2.05, 4.69) is 48.0 Å². The molecule has 0 saturated heterocycles. The number of aliphatic imine (C=N–C) groups is 1. The highest BCUT2D eigenvalue weighted by Gasteiger charge is 2.06. The Morgan fingerprint density at radius 1 is 1.35 bits per heavy atom. The van der Waals surface area contributed by atoms with Crippen LogP contribution >= 0.6 is 38.6 Å². The van der Waals surface area contributed by atoms with Crippen molar-refractivity contribution in [2.75, 3.05) is 7.05 Å². The van der Waals surface area contributed by atoms with Crippen LogP contribution in [0.15, 0.2) is 20.9 Å². The monoisotopic (exact) mass is 372 g/mol. The van der Waals surface area contributed by atoms with Crippen LogP contribution < -0.4 is 10.6 Å². The third-order valence-corrected chi connectivity index (χ3v) is 5.46. The van der Waals surface area contributed by atoms with Gasteiger partial charge in [0.25, 0.3) is 0 Å². The summed E-state index contributed by atoms with van der Waals surface area (Å²) in [5.74, 6) is 0.806. The number of halogens is 1. The van der Waals surface area contributed by atoms with Gasteiger partial charge in [0, 0.05) is 26.7 Å². The van der Waals surface area contributed by atoms with Crippen molar-refractivity contribution >= 4 is 44.6 Å². The Morgan fingerprint density at radius 3 is 2.65 bits per heavy atom. The minimum absolute atomic E-state index is 0.755. The van der Waals surface area contributed by atoms with Gasteiger partial charge in [0.05, 0.1) is 23.8 Å². The Hall–Kier alpha value is -0.920. The molecule has 0 bridgehead atoms. The third-order valence-electron chi connectivity index (χ3n) is 2.69. The summed E-state index contributed by atoms with van der Waals surface area (Å²) in [6, 6.07) is 2.11. The molecule has 108 valence electrons. The van der Waals surface area contributed by atoms with Gasteiger partial charge in [0.2, 0.25) is 0 Å². The van der Waals surface area contributed by atoms with Crippen LogP contribution in [0.25, 0.3) is 0 Å². The van der Waals surface area contributed by atoms with Crippen LogP contribution in [0.4, 0.5) is 0 Å². The van der Waals surface area contributed by atoms with Crippen molar-refractivity contribution in [2.45, 2.75) is 26.9 Å². The summed E-state index contributed by atoms with van der Waals surface area (Å²) in [7, 11) is 1.78. The summed E-state index contributed by atoms with van der Waals surface area (Å²) in [6.07, 6.45) is 0. The SMILES string of the molecule is CN=C(NCc1cc(Br)cs1)NCc1sc(C)nc1C. The van der Waals surface area contributed by atoms with Gasteiger partial charge in [-0.15, -0.1) is 22.7 Å². The second kappa shape index (κ2) is 7.19. The Labute approximate surface area is 135 Å². The van der Waals surface area contributed by atoms with Crippen molar-refractivity contribution in [1.29, 1.82) is 0 Å². The van der Waals surface area contributed by atoms with E-state index < -0.39 is 0 Å². The van der Waals surface area contributed by atoms with E-state index in [-0.39, 0.29) is 0 Å². The zero-order valence-corrected chi connectivity index (χ0v) is 14.9. The van der Waals surface area contributed by atoms with Crippen LogP contribution in [0.1, 0.15) is 20.5 Å². The van der Waals surface area contributed by atoms with Crippen LogP contribution in [0.5, 0.6) is 0 Å². The van der Waals surface area contributed by atoms with Crippen molar-refractivity contribution in [2.24, 2.45) is 4.99 Å². The number of thiophene rings is 1. The number of rotatable bonds is 4. The molecule has 0 radical (unpaired) electrons. The van der Waals surface area contributed by atoms with Crippen LogP contribution in [-0.4, -0.2) is 18.0 Å². The fourth-order valence-corrected chi connectivity index (χ4v) is 4.01. The number of aromatic nitrogens is 1. The molecule has 0 fully saturated rings. The van der Waals surface area contributed by atoms with Crippen LogP contribution in [0, 0.1) is 13.8 Å². The van der Waals surface area contributed by atoms with E-state index in [0.717, 1.165) is 34.2 Å². The molecule has 20 heavy (non-hydrogen) atoms. The maximum absolute atomic E-state index is 4.43. The van der Waals surface area contributed by atoms with E-state index >= 15 is 0 Å². The predicted octanol–water partition coefficient (Wildman–Crippen LogP) is 3.45. The first kappa shape index (κ1) is 15.5. The van der Waals surface area contributed by atoms with Crippen molar-refractivity contribution in [1.82, 2.24) is 15.6 Å². The topological polar surface area (TPSA) is 49.3 Å². The number of hydrogen-bond acceptors (Lipinski definition) is 4. The second-order valence-corrected chi connectivity index (χ2v) is 7.45. The van der Waals surface area contributed by atoms with E-state index in [1.807, 2.05) is 13.8 Å². The molecule has 4 nitrogen and oxygen atoms in total. The molecule has 0 saturated carbocycles. The molecule has 2 N–H and O–H groups in total. The van der Waals surface area contributed by atoms with Crippen molar-refractivity contribution < 1.29 is 0 Å². The Kier molecular flexibility index (Phi) is 5.56. The normalized spacial score (nSPS) is 11.7. The third kappa shape index (κ3) is 4.29. The molecular formula is C13H17BrN4S2. The molecular weight excluding hydrogens is 356 g/mol. The zero-order valence-electron chi connectivity index (χ0n) is 11.7. The maximum atomic E-state index is 4.43. The van der Waals surface area contributed by atoms with Gasteiger partial charge in [-0.2, -0.15) is 0 Å². The first-order valence-electron chi connectivity index (χ1n) is 6.19. The first-order chi connectivity index (χ1) is 9.58. The van der Waals surface area contributed by atoms with Crippen molar-refractivity contribution in [3.63, 3.8) is 0 Å². The van der Waals surface area contributed by atoms with E-state index in [0.29, 0.717) is 0 Å². The molecule has 0 unspecified atom stereocenters. The van der Waals surface area contributed by atoms with E-state index in [9.17, 15) is 0 Å². The molecule has 2 rings (SSSR count). The fraction of sp³-hybridized carbons (Fsp3) is 0.385. The molecule has 0 aromatic carbocycles.